The fraction of sp³-hybridized carbons (Fsp3) is 0.286. The summed E-state index contributed by atoms with van der Waals surface area (Å²) in [7, 11) is 0. The molecule has 1 aliphatic rings. The summed E-state index contributed by atoms with van der Waals surface area (Å²) in [6, 6.07) is 10.7. The molecule has 0 fully saturated rings. The van der Waals surface area contributed by atoms with Gasteiger partial charge in [0, 0.05) is 17.7 Å². The molecule has 2 aromatic rings. The SMILES string of the molecule is Cc1ccc(OCC(=O)OCC(=O)c2ccc3c(c2)CCC(=O)N3)c(C)c1. The Morgan fingerprint density at radius 2 is 1.85 bits per heavy atom. The Morgan fingerprint density at radius 3 is 2.63 bits per heavy atom. The number of amides is 1. The smallest absolute Gasteiger partial charge is 0.344 e. The van der Waals surface area contributed by atoms with Crippen LogP contribution in [-0.2, 0) is 20.7 Å². The third kappa shape index (κ3) is 4.73. The van der Waals surface area contributed by atoms with Crippen molar-refractivity contribution in [2.24, 2.45) is 0 Å². The molecule has 140 valence electrons. The molecule has 1 N–H and O–H groups in total. The fourth-order valence-electron chi connectivity index (χ4n) is 2.93. The molecule has 1 heterocycles. The first-order valence-electron chi connectivity index (χ1n) is 8.74. The Balaban J connectivity index is 1.51. The minimum atomic E-state index is -0.603. The van der Waals surface area contributed by atoms with E-state index in [1.807, 2.05) is 26.0 Å². The highest BCUT2D eigenvalue weighted by Gasteiger charge is 2.17. The van der Waals surface area contributed by atoms with E-state index in [0.717, 1.165) is 22.4 Å². The van der Waals surface area contributed by atoms with Crippen LogP contribution < -0.4 is 10.1 Å². The minimum absolute atomic E-state index is 0.0284. The van der Waals surface area contributed by atoms with Crippen molar-refractivity contribution in [2.75, 3.05) is 18.5 Å². The van der Waals surface area contributed by atoms with E-state index in [2.05, 4.69) is 5.32 Å². The number of carbonyl (C=O) groups excluding carboxylic acids is 3. The molecule has 6 nitrogen and oxygen atoms in total. The first-order valence-corrected chi connectivity index (χ1v) is 8.74. The molecule has 0 saturated heterocycles. The number of benzene rings is 2. The zero-order chi connectivity index (χ0) is 19.4. The number of esters is 1. The molecule has 1 amide bonds. The number of carbonyl (C=O) groups is 3. The standard InChI is InChI=1S/C21H21NO5/c1-13-3-7-19(14(2)9-13)26-12-21(25)27-11-18(23)16-4-6-17-15(10-16)5-8-20(24)22-17/h3-4,6-7,9-10H,5,8,11-12H2,1-2H3,(H,22,24). The number of anilines is 1. The largest absolute Gasteiger partial charge is 0.482 e. The van der Waals surface area contributed by atoms with Crippen LogP contribution >= 0.6 is 0 Å². The van der Waals surface area contributed by atoms with Crippen LogP contribution in [0.5, 0.6) is 5.75 Å². The molecule has 0 radical (unpaired) electrons. The molecule has 0 spiro atoms. The van der Waals surface area contributed by atoms with Crippen molar-refractivity contribution in [3.05, 3.63) is 58.7 Å². The van der Waals surface area contributed by atoms with Gasteiger partial charge < -0.3 is 14.8 Å². The maximum absolute atomic E-state index is 12.3. The summed E-state index contributed by atoms with van der Waals surface area (Å²) >= 11 is 0. The maximum atomic E-state index is 12.3. The van der Waals surface area contributed by atoms with Gasteiger partial charge in [0.15, 0.2) is 19.0 Å². The van der Waals surface area contributed by atoms with E-state index < -0.39 is 5.97 Å². The second-order valence-corrected chi connectivity index (χ2v) is 6.56. The molecule has 2 aromatic carbocycles. The van der Waals surface area contributed by atoms with E-state index >= 15 is 0 Å². The first-order chi connectivity index (χ1) is 12.9. The Kier molecular flexibility index (Phi) is 5.54. The van der Waals surface area contributed by atoms with Crippen LogP contribution in [0.4, 0.5) is 5.69 Å². The number of Topliss-reactive ketones (excluding diaryl/α,β-unsaturated/α-hetero) is 1. The molecule has 6 heteroatoms. The lowest BCUT2D eigenvalue weighted by atomic mass is 9.99. The number of hydrogen-bond donors (Lipinski definition) is 1. The zero-order valence-corrected chi connectivity index (χ0v) is 15.3. The molecule has 0 aliphatic carbocycles. The van der Waals surface area contributed by atoms with Crippen molar-refractivity contribution in [3.8, 4) is 5.75 Å². The summed E-state index contributed by atoms with van der Waals surface area (Å²) in [5.41, 5.74) is 4.12. The lowest BCUT2D eigenvalue weighted by molar-refractivity contribution is -0.144. The van der Waals surface area contributed by atoms with Crippen molar-refractivity contribution >= 4 is 23.3 Å². The van der Waals surface area contributed by atoms with Gasteiger partial charge in [0.2, 0.25) is 5.91 Å². The Morgan fingerprint density at radius 1 is 1.04 bits per heavy atom. The van der Waals surface area contributed by atoms with E-state index in [1.54, 1.807) is 24.3 Å². The van der Waals surface area contributed by atoms with Gasteiger partial charge in [0.25, 0.3) is 0 Å². The van der Waals surface area contributed by atoms with Gasteiger partial charge in [0.1, 0.15) is 5.75 Å². The monoisotopic (exact) mass is 367 g/mol. The van der Waals surface area contributed by atoms with Crippen LogP contribution in [-0.4, -0.2) is 30.9 Å². The van der Waals surface area contributed by atoms with Crippen LogP contribution in [0.15, 0.2) is 36.4 Å². The second kappa shape index (κ2) is 8.03. The number of aryl methyl sites for hydroxylation is 3. The van der Waals surface area contributed by atoms with Crippen LogP contribution in [0.3, 0.4) is 0 Å². The van der Waals surface area contributed by atoms with Gasteiger partial charge in [-0.2, -0.15) is 0 Å². The van der Waals surface area contributed by atoms with E-state index in [1.165, 1.54) is 0 Å². The summed E-state index contributed by atoms with van der Waals surface area (Å²) in [5.74, 6) is -0.317. The number of fused-ring (bicyclic) bond motifs is 1. The number of ketones is 1. The summed E-state index contributed by atoms with van der Waals surface area (Å²) in [4.78, 5) is 35.5. The average molecular weight is 367 g/mol. The third-order valence-corrected chi connectivity index (χ3v) is 4.36. The molecule has 3 rings (SSSR count). The lowest BCUT2D eigenvalue weighted by Gasteiger charge is -2.17. The molecule has 0 bridgehead atoms. The highest BCUT2D eigenvalue weighted by molar-refractivity contribution is 6.00. The summed E-state index contributed by atoms with van der Waals surface area (Å²) in [6.07, 6.45) is 0.987. The zero-order valence-electron chi connectivity index (χ0n) is 15.3. The number of hydrogen-bond acceptors (Lipinski definition) is 5. The average Bonchev–Trinajstić information content (AvgIpc) is 2.65. The van der Waals surface area contributed by atoms with Gasteiger partial charge in [-0.15, -0.1) is 0 Å². The lowest BCUT2D eigenvalue weighted by Crippen LogP contribution is -2.21. The number of nitrogens with one attached hydrogen (secondary N) is 1. The van der Waals surface area contributed by atoms with Crippen LogP contribution in [0, 0.1) is 13.8 Å². The maximum Gasteiger partial charge on any atom is 0.344 e. The van der Waals surface area contributed by atoms with Crippen molar-refractivity contribution in [3.63, 3.8) is 0 Å². The van der Waals surface area contributed by atoms with Gasteiger partial charge >= 0.3 is 5.97 Å². The summed E-state index contributed by atoms with van der Waals surface area (Å²) in [5, 5.41) is 2.76. The van der Waals surface area contributed by atoms with Gasteiger partial charge in [-0.25, -0.2) is 4.79 Å². The Hall–Kier alpha value is -3.15. The minimum Gasteiger partial charge on any atom is -0.482 e. The number of rotatable bonds is 6. The van der Waals surface area contributed by atoms with Crippen LogP contribution in [0.1, 0.15) is 33.5 Å². The molecule has 0 aromatic heterocycles. The normalized spacial score (nSPS) is 12.7. The van der Waals surface area contributed by atoms with E-state index in [-0.39, 0.29) is 24.9 Å². The van der Waals surface area contributed by atoms with Gasteiger partial charge in [-0.3, -0.25) is 9.59 Å². The Bertz CT molecular complexity index is 903. The van der Waals surface area contributed by atoms with E-state index in [9.17, 15) is 14.4 Å². The fourth-order valence-corrected chi connectivity index (χ4v) is 2.93. The van der Waals surface area contributed by atoms with Gasteiger partial charge in [-0.05, 0) is 55.7 Å². The van der Waals surface area contributed by atoms with Crippen LogP contribution in [0.2, 0.25) is 0 Å². The van der Waals surface area contributed by atoms with Crippen molar-refractivity contribution < 1.29 is 23.9 Å². The van der Waals surface area contributed by atoms with Crippen LogP contribution in [0.25, 0.3) is 0 Å². The third-order valence-electron chi connectivity index (χ3n) is 4.36. The molecule has 0 saturated carbocycles. The van der Waals surface area contributed by atoms with Crippen molar-refractivity contribution in [1.82, 2.24) is 0 Å². The summed E-state index contributed by atoms with van der Waals surface area (Å²) in [6.45, 7) is 3.27. The first kappa shape index (κ1) is 18.6. The molecule has 0 unspecified atom stereocenters. The molecular weight excluding hydrogens is 346 g/mol. The molecule has 1 aliphatic heterocycles. The second-order valence-electron chi connectivity index (χ2n) is 6.56. The van der Waals surface area contributed by atoms with Crippen molar-refractivity contribution in [1.29, 1.82) is 0 Å². The quantitative estimate of drug-likeness (QED) is 0.627. The van der Waals surface area contributed by atoms with Gasteiger partial charge in [0.05, 0.1) is 0 Å². The molecular formula is C21H21NO5. The van der Waals surface area contributed by atoms with Gasteiger partial charge in [-0.1, -0.05) is 17.7 Å². The van der Waals surface area contributed by atoms with E-state index in [0.29, 0.717) is 24.2 Å². The highest BCUT2D eigenvalue weighted by Crippen LogP contribution is 2.24. The topological polar surface area (TPSA) is 81.7 Å². The molecule has 0 atom stereocenters. The highest BCUT2D eigenvalue weighted by atomic mass is 16.6. The predicted molar refractivity (Wildman–Crippen MR) is 100 cm³/mol. The predicted octanol–water partition coefficient (Wildman–Crippen LogP) is 2.99. The number of ether oxygens (including phenoxy) is 2. The molecule has 27 heavy (non-hydrogen) atoms. The van der Waals surface area contributed by atoms with Crippen molar-refractivity contribution in [2.45, 2.75) is 26.7 Å². The Labute approximate surface area is 157 Å². The summed E-state index contributed by atoms with van der Waals surface area (Å²) < 4.78 is 10.5. The van der Waals surface area contributed by atoms with E-state index in [4.69, 9.17) is 9.47 Å².